The van der Waals surface area contributed by atoms with Gasteiger partial charge in [0.1, 0.15) is 0 Å². The molecule has 7 heteroatoms. The maximum absolute atomic E-state index is 12.8. The Kier molecular flexibility index (Phi) is 4.54. The fourth-order valence-electron chi connectivity index (χ4n) is 4.87. The normalized spacial score (nSPS) is 33.9. The van der Waals surface area contributed by atoms with E-state index in [-0.39, 0.29) is 23.3 Å². The summed E-state index contributed by atoms with van der Waals surface area (Å²) in [6.45, 7) is 1.16. The number of ether oxygens (including phenoxy) is 2. The first-order valence-corrected chi connectivity index (χ1v) is 9.11. The van der Waals surface area contributed by atoms with E-state index < -0.39 is 29.7 Å². The van der Waals surface area contributed by atoms with Gasteiger partial charge in [-0.3, -0.25) is 0 Å². The number of halogens is 3. The van der Waals surface area contributed by atoms with Crippen molar-refractivity contribution < 1.29 is 32.9 Å². The second kappa shape index (κ2) is 6.48. The van der Waals surface area contributed by atoms with E-state index >= 15 is 0 Å². The van der Waals surface area contributed by atoms with Crippen molar-refractivity contribution in [3.8, 4) is 0 Å². The third-order valence-corrected chi connectivity index (χ3v) is 6.27. The van der Waals surface area contributed by atoms with Crippen molar-refractivity contribution in [3.63, 3.8) is 0 Å². The largest absolute Gasteiger partial charge is 0.416 e. The van der Waals surface area contributed by atoms with Crippen molar-refractivity contribution in [1.82, 2.24) is 0 Å². The van der Waals surface area contributed by atoms with Gasteiger partial charge < -0.3 is 19.7 Å². The molecule has 5 atom stereocenters. The fourth-order valence-corrected chi connectivity index (χ4v) is 4.87. The summed E-state index contributed by atoms with van der Waals surface area (Å²) in [5, 5.41) is 20.8. The lowest BCUT2D eigenvalue weighted by Crippen LogP contribution is -2.54. The molecule has 2 N–H and O–H groups in total. The molecule has 144 valence electrons. The van der Waals surface area contributed by atoms with Crippen LogP contribution in [0.15, 0.2) is 24.3 Å². The van der Waals surface area contributed by atoms with Gasteiger partial charge in [0.25, 0.3) is 0 Å². The molecule has 1 aromatic carbocycles. The van der Waals surface area contributed by atoms with Crippen molar-refractivity contribution >= 4 is 0 Å². The zero-order chi connectivity index (χ0) is 18.5. The fraction of sp³-hybridized carbons (Fsp3) is 0.684. The predicted molar refractivity (Wildman–Crippen MR) is 86.0 cm³/mol. The quantitative estimate of drug-likeness (QED) is 0.852. The molecule has 1 aromatic rings. The summed E-state index contributed by atoms with van der Waals surface area (Å²) in [6, 6.07) is 4.80. The average Bonchev–Trinajstić information content (AvgIpc) is 3.18. The number of hydrogen-bond donors (Lipinski definition) is 2. The SMILES string of the molecule is OC(CCC1CC2C(CC23OCCO3)C1O)c1cccc(C(F)(F)F)c1. The second-order valence-corrected chi connectivity index (χ2v) is 7.69. The number of rotatable bonds is 4. The van der Waals surface area contributed by atoms with Gasteiger partial charge in [-0.15, -0.1) is 0 Å². The van der Waals surface area contributed by atoms with Gasteiger partial charge in [-0.25, -0.2) is 0 Å². The molecule has 0 aromatic heterocycles. The Bertz CT molecular complexity index is 656. The molecule has 0 bridgehead atoms. The zero-order valence-electron chi connectivity index (χ0n) is 14.3. The monoisotopic (exact) mass is 372 g/mol. The zero-order valence-corrected chi connectivity index (χ0v) is 14.3. The Hall–Kier alpha value is -1.15. The van der Waals surface area contributed by atoms with E-state index in [4.69, 9.17) is 9.47 Å². The van der Waals surface area contributed by atoms with Crippen LogP contribution in [0.1, 0.15) is 42.9 Å². The molecule has 1 spiro atoms. The number of fused-ring (bicyclic) bond motifs is 2. The van der Waals surface area contributed by atoms with Gasteiger partial charge in [0.15, 0.2) is 5.79 Å². The minimum Gasteiger partial charge on any atom is -0.393 e. The minimum absolute atomic E-state index is 0.0117. The van der Waals surface area contributed by atoms with E-state index in [1.807, 2.05) is 0 Å². The van der Waals surface area contributed by atoms with Crippen molar-refractivity contribution in [2.24, 2.45) is 17.8 Å². The van der Waals surface area contributed by atoms with E-state index in [2.05, 4.69) is 0 Å². The Labute approximate surface area is 149 Å². The number of aliphatic hydroxyl groups is 2. The summed E-state index contributed by atoms with van der Waals surface area (Å²) in [7, 11) is 0. The van der Waals surface area contributed by atoms with Gasteiger partial charge in [-0.1, -0.05) is 12.1 Å². The molecule has 2 aliphatic carbocycles. The highest BCUT2D eigenvalue weighted by atomic mass is 19.4. The van der Waals surface area contributed by atoms with Crippen LogP contribution in [0.2, 0.25) is 0 Å². The van der Waals surface area contributed by atoms with Crippen LogP contribution in [0.25, 0.3) is 0 Å². The van der Waals surface area contributed by atoms with Gasteiger partial charge in [0.2, 0.25) is 0 Å². The summed E-state index contributed by atoms with van der Waals surface area (Å²) in [5.41, 5.74) is -0.500. The molecule has 0 amide bonds. The maximum Gasteiger partial charge on any atom is 0.416 e. The number of alkyl halides is 3. The van der Waals surface area contributed by atoms with E-state index in [1.54, 1.807) is 0 Å². The molecule has 2 saturated carbocycles. The summed E-state index contributed by atoms with van der Waals surface area (Å²) in [5.74, 6) is -0.183. The highest BCUT2D eigenvalue weighted by Gasteiger charge is 2.64. The van der Waals surface area contributed by atoms with Crippen LogP contribution in [0.4, 0.5) is 13.2 Å². The Morgan fingerprint density at radius 1 is 1.23 bits per heavy atom. The van der Waals surface area contributed by atoms with Crippen molar-refractivity contribution in [1.29, 1.82) is 0 Å². The van der Waals surface area contributed by atoms with Crippen LogP contribution in [0.5, 0.6) is 0 Å². The number of aliphatic hydroxyl groups excluding tert-OH is 2. The van der Waals surface area contributed by atoms with Gasteiger partial charge >= 0.3 is 6.18 Å². The Morgan fingerprint density at radius 2 is 1.96 bits per heavy atom. The molecule has 4 rings (SSSR count). The predicted octanol–water partition coefficient (Wildman–Crippen LogP) is 3.28. The lowest BCUT2D eigenvalue weighted by molar-refractivity contribution is -0.275. The molecule has 3 aliphatic rings. The molecule has 0 radical (unpaired) electrons. The van der Waals surface area contributed by atoms with Crippen LogP contribution < -0.4 is 0 Å². The third-order valence-electron chi connectivity index (χ3n) is 6.27. The lowest BCUT2D eigenvalue weighted by atomic mass is 9.69. The topological polar surface area (TPSA) is 58.9 Å². The van der Waals surface area contributed by atoms with Crippen LogP contribution in [0, 0.1) is 17.8 Å². The summed E-state index contributed by atoms with van der Waals surface area (Å²) in [4.78, 5) is 0. The van der Waals surface area contributed by atoms with Crippen LogP contribution in [-0.2, 0) is 15.7 Å². The second-order valence-electron chi connectivity index (χ2n) is 7.69. The smallest absolute Gasteiger partial charge is 0.393 e. The van der Waals surface area contributed by atoms with Gasteiger partial charge in [-0.05, 0) is 48.8 Å². The number of hydrogen-bond acceptors (Lipinski definition) is 4. The molecule has 1 aliphatic heterocycles. The first-order chi connectivity index (χ1) is 12.3. The molecule has 4 nitrogen and oxygen atoms in total. The van der Waals surface area contributed by atoms with Crippen molar-refractivity contribution in [3.05, 3.63) is 35.4 Å². The first-order valence-electron chi connectivity index (χ1n) is 9.11. The highest BCUT2D eigenvalue weighted by Crippen LogP contribution is 2.59. The van der Waals surface area contributed by atoms with E-state index in [0.717, 1.165) is 18.6 Å². The Morgan fingerprint density at radius 3 is 2.65 bits per heavy atom. The van der Waals surface area contributed by atoms with Crippen LogP contribution in [-0.4, -0.2) is 35.3 Å². The molecule has 5 unspecified atom stereocenters. The van der Waals surface area contributed by atoms with E-state index in [1.165, 1.54) is 12.1 Å². The first kappa shape index (κ1) is 18.2. The van der Waals surface area contributed by atoms with E-state index in [9.17, 15) is 23.4 Å². The maximum atomic E-state index is 12.8. The summed E-state index contributed by atoms with van der Waals surface area (Å²) in [6.07, 6.45) is -3.53. The summed E-state index contributed by atoms with van der Waals surface area (Å²) >= 11 is 0. The van der Waals surface area contributed by atoms with Crippen LogP contribution >= 0.6 is 0 Å². The standard InChI is InChI=1S/C19H23F3O4/c20-19(21,22)13-3-1-2-11(8-13)16(23)5-4-12-9-15-14(17(12)24)10-18(15)25-6-7-26-18/h1-3,8,12,14-17,23-24H,4-7,9-10H2. The molecular weight excluding hydrogens is 349 g/mol. The highest BCUT2D eigenvalue weighted by molar-refractivity contribution is 5.27. The molecule has 1 heterocycles. The summed E-state index contributed by atoms with van der Waals surface area (Å²) < 4.78 is 49.9. The third kappa shape index (κ3) is 3.05. The van der Waals surface area contributed by atoms with Crippen LogP contribution in [0.3, 0.4) is 0 Å². The van der Waals surface area contributed by atoms with Gasteiger partial charge in [0, 0.05) is 12.3 Å². The molecular formula is C19H23F3O4. The van der Waals surface area contributed by atoms with Crippen molar-refractivity contribution in [2.45, 2.75) is 49.9 Å². The number of benzene rings is 1. The van der Waals surface area contributed by atoms with Crippen molar-refractivity contribution in [2.75, 3.05) is 13.2 Å². The minimum atomic E-state index is -4.42. The lowest BCUT2D eigenvalue weighted by Gasteiger charge is -2.48. The molecule has 1 saturated heterocycles. The molecule has 26 heavy (non-hydrogen) atoms. The van der Waals surface area contributed by atoms with E-state index in [0.29, 0.717) is 32.5 Å². The van der Waals surface area contributed by atoms with Gasteiger partial charge in [0.05, 0.1) is 31.0 Å². The average molecular weight is 372 g/mol. The van der Waals surface area contributed by atoms with Gasteiger partial charge in [-0.2, -0.15) is 13.2 Å². The Balaban J connectivity index is 1.36. The molecule has 3 fully saturated rings.